The largest absolute Gasteiger partial charge is 0.144 e. The van der Waals surface area contributed by atoms with Crippen molar-refractivity contribution in [3.63, 3.8) is 0 Å². The Morgan fingerprint density at radius 2 is 1.74 bits per heavy atom. The highest BCUT2D eigenvalue weighted by Crippen LogP contribution is 2.39. The Bertz CT molecular complexity index is 732. The van der Waals surface area contributed by atoms with Crippen LogP contribution in [0.5, 0.6) is 0 Å². The molecule has 0 amide bonds. The Labute approximate surface area is 130 Å². The number of benzene rings is 2. The molecule has 0 N–H and O–H groups in total. The predicted octanol–water partition coefficient (Wildman–Crippen LogP) is 6.35. The van der Waals surface area contributed by atoms with Gasteiger partial charge in [0.05, 0.1) is 4.83 Å². The predicted molar refractivity (Wildman–Crippen MR) is 88.8 cm³/mol. The minimum Gasteiger partial charge on any atom is -0.144 e. The van der Waals surface area contributed by atoms with Crippen LogP contribution in [-0.2, 0) is 0 Å². The van der Waals surface area contributed by atoms with Crippen LogP contribution in [-0.4, -0.2) is 0 Å². The van der Waals surface area contributed by atoms with E-state index in [0.29, 0.717) is 0 Å². The molecular formula is C16H12BrClS. The summed E-state index contributed by atoms with van der Waals surface area (Å²) in [5.74, 6) is 0. The van der Waals surface area contributed by atoms with Gasteiger partial charge in [0.25, 0.3) is 0 Å². The molecule has 3 aromatic rings. The van der Waals surface area contributed by atoms with Crippen LogP contribution < -0.4 is 0 Å². The molecule has 3 heteroatoms. The van der Waals surface area contributed by atoms with E-state index in [4.69, 9.17) is 11.6 Å². The van der Waals surface area contributed by atoms with Crippen LogP contribution in [0.15, 0.2) is 48.5 Å². The SMILES string of the molecule is Cc1ccc(C(Br)c2ccc(Cl)c3ccccc23)s1. The van der Waals surface area contributed by atoms with Crippen LogP contribution in [0.4, 0.5) is 0 Å². The van der Waals surface area contributed by atoms with Crippen LogP contribution >= 0.6 is 38.9 Å². The van der Waals surface area contributed by atoms with Crippen LogP contribution in [0.25, 0.3) is 10.8 Å². The van der Waals surface area contributed by atoms with E-state index in [0.717, 1.165) is 10.4 Å². The Hall–Kier alpha value is -0.830. The van der Waals surface area contributed by atoms with Gasteiger partial charge in [-0.3, -0.25) is 0 Å². The summed E-state index contributed by atoms with van der Waals surface area (Å²) in [6.07, 6.45) is 0. The molecule has 1 heterocycles. The average Bonchev–Trinajstić information content (AvgIpc) is 2.86. The third-order valence-corrected chi connectivity index (χ3v) is 5.87. The summed E-state index contributed by atoms with van der Waals surface area (Å²) in [7, 11) is 0. The zero-order valence-electron chi connectivity index (χ0n) is 10.4. The van der Waals surface area contributed by atoms with Crippen molar-refractivity contribution in [1.82, 2.24) is 0 Å². The number of aryl methyl sites for hydroxylation is 1. The summed E-state index contributed by atoms with van der Waals surface area (Å²) in [6, 6.07) is 16.7. The molecule has 0 radical (unpaired) electrons. The van der Waals surface area contributed by atoms with Gasteiger partial charge in [-0.15, -0.1) is 11.3 Å². The molecule has 3 rings (SSSR count). The molecule has 0 nitrogen and oxygen atoms in total. The molecule has 0 aliphatic rings. The number of rotatable bonds is 2. The Kier molecular flexibility index (Phi) is 3.66. The number of fused-ring (bicyclic) bond motifs is 1. The van der Waals surface area contributed by atoms with E-state index in [9.17, 15) is 0 Å². The van der Waals surface area contributed by atoms with Gasteiger partial charge in [-0.25, -0.2) is 0 Å². The fourth-order valence-corrected chi connectivity index (χ4v) is 4.18. The van der Waals surface area contributed by atoms with Gasteiger partial charge in [0.1, 0.15) is 0 Å². The lowest BCUT2D eigenvalue weighted by Crippen LogP contribution is -1.91. The Morgan fingerprint density at radius 1 is 1.00 bits per heavy atom. The van der Waals surface area contributed by atoms with Crippen LogP contribution in [0.3, 0.4) is 0 Å². The highest BCUT2D eigenvalue weighted by molar-refractivity contribution is 9.09. The first kappa shape index (κ1) is 13.2. The monoisotopic (exact) mass is 350 g/mol. The van der Waals surface area contributed by atoms with Gasteiger partial charge in [-0.1, -0.05) is 57.9 Å². The molecule has 2 aromatic carbocycles. The smallest absolute Gasteiger partial charge is 0.0744 e. The first-order chi connectivity index (χ1) is 9.16. The van der Waals surface area contributed by atoms with Crippen molar-refractivity contribution in [3.05, 3.63) is 68.9 Å². The van der Waals surface area contributed by atoms with Gasteiger partial charge in [-0.05, 0) is 36.1 Å². The third-order valence-electron chi connectivity index (χ3n) is 3.19. The highest BCUT2D eigenvalue weighted by atomic mass is 79.9. The molecule has 19 heavy (non-hydrogen) atoms. The molecule has 0 spiro atoms. The van der Waals surface area contributed by atoms with E-state index in [1.165, 1.54) is 20.7 Å². The fourth-order valence-electron chi connectivity index (χ4n) is 2.25. The molecule has 1 aromatic heterocycles. The highest BCUT2D eigenvalue weighted by Gasteiger charge is 2.15. The normalized spacial score (nSPS) is 12.8. The molecule has 1 unspecified atom stereocenters. The number of hydrogen-bond acceptors (Lipinski definition) is 1. The van der Waals surface area contributed by atoms with Crippen LogP contribution in [0.1, 0.15) is 20.1 Å². The summed E-state index contributed by atoms with van der Waals surface area (Å²) < 4.78 is 0. The molecule has 0 fully saturated rings. The lowest BCUT2D eigenvalue weighted by Gasteiger charge is -2.12. The molecule has 0 aliphatic heterocycles. The van der Waals surface area contributed by atoms with E-state index in [1.807, 2.05) is 23.5 Å². The van der Waals surface area contributed by atoms with Crippen molar-refractivity contribution in [1.29, 1.82) is 0 Å². The van der Waals surface area contributed by atoms with Gasteiger partial charge in [-0.2, -0.15) is 0 Å². The molecule has 96 valence electrons. The van der Waals surface area contributed by atoms with Gasteiger partial charge in [0.2, 0.25) is 0 Å². The zero-order chi connectivity index (χ0) is 13.4. The van der Waals surface area contributed by atoms with Gasteiger partial charge in [0.15, 0.2) is 0 Å². The van der Waals surface area contributed by atoms with Crippen molar-refractivity contribution >= 4 is 49.6 Å². The van der Waals surface area contributed by atoms with Crippen molar-refractivity contribution in [2.24, 2.45) is 0 Å². The zero-order valence-corrected chi connectivity index (χ0v) is 13.5. The van der Waals surface area contributed by atoms with Crippen molar-refractivity contribution in [2.45, 2.75) is 11.8 Å². The summed E-state index contributed by atoms with van der Waals surface area (Å²) in [5, 5.41) is 3.13. The van der Waals surface area contributed by atoms with E-state index in [2.05, 4.69) is 59.3 Å². The maximum atomic E-state index is 6.27. The second-order valence-corrected chi connectivity index (χ2v) is 7.14. The Balaban J connectivity index is 2.18. The minimum absolute atomic E-state index is 0.216. The van der Waals surface area contributed by atoms with E-state index < -0.39 is 0 Å². The van der Waals surface area contributed by atoms with Crippen molar-refractivity contribution in [2.75, 3.05) is 0 Å². The molecule has 0 bridgehead atoms. The average molecular weight is 352 g/mol. The van der Waals surface area contributed by atoms with E-state index in [-0.39, 0.29) is 4.83 Å². The number of hydrogen-bond donors (Lipinski definition) is 0. The van der Waals surface area contributed by atoms with Crippen LogP contribution in [0.2, 0.25) is 5.02 Å². The first-order valence-electron chi connectivity index (χ1n) is 6.04. The molecular weight excluding hydrogens is 340 g/mol. The van der Waals surface area contributed by atoms with E-state index >= 15 is 0 Å². The molecule has 1 atom stereocenters. The summed E-state index contributed by atoms with van der Waals surface area (Å²) in [4.78, 5) is 2.87. The summed E-state index contributed by atoms with van der Waals surface area (Å²) >= 11 is 11.9. The fraction of sp³-hybridized carbons (Fsp3) is 0.125. The van der Waals surface area contributed by atoms with Crippen LogP contribution in [0, 0.1) is 6.92 Å². The standard InChI is InChI=1S/C16H12BrClS/c1-10-6-9-15(19-10)16(17)13-7-8-14(18)12-5-3-2-4-11(12)13/h2-9,16H,1H3. The van der Waals surface area contributed by atoms with Gasteiger partial charge >= 0.3 is 0 Å². The maximum Gasteiger partial charge on any atom is 0.0744 e. The molecule has 0 saturated carbocycles. The van der Waals surface area contributed by atoms with Gasteiger partial charge in [0, 0.05) is 20.2 Å². The topological polar surface area (TPSA) is 0 Å². The maximum absolute atomic E-state index is 6.27. The van der Waals surface area contributed by atoms with Crippen molar-refractivity contribution in [3.8, 4) is 0 Å². The molecule has 0 aliphatic carbocycles. The number of halogens is 2. The second kappa shape index (κ2) is 5.28. The third kappa shape index (κ3) is 2.45. The van der Waals surface area contributed by atoms with E-state index in [1.54, 1.807) is 0 Å². The number of alkyl halides is 1. The summed E-state index contributed by atoms with van der Waals surface area (Å²) in [6.45, 7) is 2.13. The quantitative estimate of drug-likeness (QED) is 0.472. The van der Waals surface area contributed by atoms with Crippen molar-refractivity contribution < 1.29 is 0 Å². The van der Waals surface area contributed by atoms with Gasteiger partial charge < -0.3 is 0 Å². The second-order valence-electron chi connectivity index (χ2n) is 4.49. The number of thiophene rings is 1. The lowest BCUT2D eigenvalue weighted by atomic mass is 10.0. The molecule has 0 saturated heterocycles. The first-order valence-corrected chi connectivity index (χ1v) is 8.15. The Morgan fingerprint density at radius 3 is 2.42 bits per heavy atom. The lowest BCUT2D eigenvalue weighted by molar-refractivity contribution is 1.25. The summed E-state index contributed by atoms with van der Waals surface area (Å²) in [5.41, 5.74) is 1.27. The minimum atomic E-state index is 0.216.